The van der Waals surface area contributed by atoms with Crippen molar-refractivity contribution in [3.8, 4) is 56.9 Å². The number of nitrogens with zero attached hydrogens (tertiary/aromatic N) is 4. The molecule has 0 aliphatic heterocycles. The van der Waals surface area contributed by atoms with Crippen LogP contribution in [0.2, 0.25) is 0 Å². The molecule has 0 N–H and O–H groups in total. The van der Waals surface area contributed by atoms with E-state index in [1.165, 1.54) is 17.2 Å². The lowest BCUT2D eigenvalue weighted by Crippen LogP contribution is -2.07. The zero-order chi connectivity index (χ0) is 41.3. The van der Waals surface area contributed by atoms with E-state index < -0.39 is 11.7 Å². The van der Waals surface area contributed by atoms with Crippen LogP contribution in [0.25, 0.3) is 88.4 Å². The van der Waals surface area contributed by atoms with Crippen molar-refractivity contribution in [3.05, 3.63) is 192 Å². The predicted molar refractivity (Wildman–Crippen MR) is 235 cm³/mol. The van der Waals surface area contributed by atoms with Crippen LogP contribution in [0.15, 0.2) is 164 Å². The minimum absolute atomic E-state index is 0.123. The average molecular weight is 783 g/mol. The van der Waals surface area contributed by atoms with Gasteiger partial charge in [0, 0.05) is 27.1 Å². The van der Waals surface area contributed by atoms with Gasteiger partial charge in [-0.05, 0) is 108 Å². The van der Waals surface area contributed by atoms with E-state index in [0.717, 1.165) is 78.0 Å². The molecule has 0 saturated heterocycles. The van der Waals surface area contributed by atoms with Gasteiger partial charge >= 0.3 is 6.18 Å². The lowest BCUT2D eigenvalue weighted by molar-refractivity contribution is -0.137. The second-order valence-corrected chi connectivity index (χ2v) is 15.3. The van der Waals surface area contributed by atoms with Crippen molar-refractivity contribution in [1.82, 2.24) is 9.13 Å². The molecule has 0 aliphatic rings. The maximum absolute atomic E-state index is 14.3. The number of aryl methyl sites for hydroxylation is 2. The summed E-state index contributed by atoms with van der Waals surface area (Å²) < 4.78 is 47.3. The molecule has 0 fully saturated rings. The summed E-state index contributed by atoms with van der Waals surface area (Å²) in [6, 6.07) is 56.9. The fourth-order valence-electron chi connectivity index (χ4n) is 8.59. The molecule has 10 rings (SSSR count). The Morgan fingerprint density at radius 3 is 1.38 bits per heavy atom. The van der Waals surface area contributed by atoms with E-state index in [1.807, 2.05) is 42.5 Å². The highest BCUT2D eigenvalue weighted by Gasteiger charge is 2.32. The van der Waals surface area contributed by atoms with Gasteiger partial charge in [0.05, 0.1) is 62.3 Å². The first-order chi connectivity index (χ1) is 29.1. The summed E-state index contributed by atoms with van der Waals surface area (Å²) in [5.74, 6) is 0. The fraction of sp³-hybridized carbons (Fsp3) is 0.0566. The van der Waals surface area contributed by atoms with Crippen LogP contribution in [-0.4, -0.2) is 9.13 Å². The van der Waals surface area contributed by atoms with E-state index in [-0.39, 0.29) is 22.3 Å². The van der Waals surface area contributed by atoms with Crippen LogP contribution >= 0.6 is 0 Å². The van der Waals surface area contributed by atoms with E-state index in [4.69, 9.17) is 0 Å². The summed E-state index contributed by atoms with van der Waals surface area (Å²) in [7, 11) is 0. The zero-order valence-electron chi connectivity index (χ0n) is 32.5. The molecule has 0 radical (unpaired) electrons. The molecule has 286 valence electrons. The lowest BCUT2D eigenvalue weighted by atomic mass is 9.94. The van der Waals surface area contributed by atoms with Crippen LogP contribution in [0.4, 0.5) is 13.2 Å². The number of nitriles is 2. The van der Waals surface area contributed by atoms with Crippen LogP contribution in [0, 0.1) is 36.5 Å². The van der Waals surface area contributed by atoms with Crippen LogP contribution in [0.5, 0.6) is 0 Å². The monoisotopic (exact) mass is 782 g/mol. The van der Waals surface area contributed by atoms with Crippen LogP contribution in [0.1, 0.15) is 27.8 Å². The first-order valence-electron chi connectivity index (χ1n) is 19.5. The third-order valence-electron chi connectivity index (χ3n) is 11.5. The SMILES string of the molecule is Cc1ccc(-c2ccc3c(c2)c2ccccc2n3-c2cc(C#N)c(-c3cc(C#N)cc(C(F)(F)F)c3)cc2-n2c3ccccc3c3cc(-c4ccc(C)cc4)ccc32)cc1. The van der Waals surface area contributed by atoms with Gasteiger partial charge in [-0.3, -0.25) is 0 Å². The molecule has 2 heterocycles. The molecule has 0 bridgehead atoms. The average Bonchev–Trinajstić information content (AvgIpc) is 3.78. The van der Waals surface area contributed by atoms with E-state index in [2.05, 4.69) is 132 Å². The Labute approximate surface area is 343 Å². The summed E-state index contributed by atoms with van der Waals surface area (Å²) >= 11 is 0. The number of hydrogen-bond acceptors (Lipinski definition) is 2. The minimum Gasteiger partial charge on any atom is -0.307 e. The highest BCUT2D eigenvalue weighted by molar-refractivity contribution is 6.13. The van der Waals surface area contributed by atoms with Gasteiger partial charge in [-0.25, -0.2) is 0 Å². The Bertz CT molecular complexity index is 3450. The summed E-state index contributed by atoms with van der Waals surface area (Å²) in [5.41, 5.74) is 11.0. The Kier molecular flexibility index (Phi) is 8.45. The number of fused-ring (bicyclic) bond motifs is 6. The van der Waals surface area contributed by atoms with Crippen molar-refractivity contribution < 1.29 is 13.2 Å². The van der Waals surface area contributed by atoms with Gasteiger partial charge in [0.1, 0.15) is 0 Å². The molecule has 4 nitrogen and oxygen atoms in total. The summed E-state index contributed by atoms with van der Waals surface area (Å²) in [4.78, 5) is 0. The molecule has 8 aromatic carbocycles. The molecule has 60 heavy (non-hydrogen) atoms. The quantitative estimate of drug-likeness (QED) is 0.175. The molecule has 7 heteroatoms. The summed E-state index contributed by atoms with van der Waals surface area (Å²) in [6.45, 7) is 4.12. The molecule has 0 saturated carbocycles. The minimum atomic E-state index is -4.71. The Morgan fingerprint density at radius 2 is 0.900 bits per heavy atom. The highest BCUT2D eigenvalue weighted by Crippen LogP contribution is 2.43. The van der Waals surface area contributed by atoms with E-state index >= 15 is 0 Å². The van der Waals surface area contributed by atoms with Crippen molar-refractivity contribution in [2.45, 2.75) is 20.0 Å². The fourth-order valence-corrected chi connectivity index (χ4v) is 8.59. The van der Waals surface area contributed by atoms with E-state index in [1.54, 1.807) is 6.07 Å². The molecule has 0 spiro atoms. The van der Waals surface area contributed by atoms with Crippen molar-refractivity contribution >= 4 is 43.6 Å². The van der Waals surface area contributed by atoms with Crippen molar-refractivity contribution in [3.63, 3.8) is 0 Å². The molecule has 10 aromatic rings. The van der Waals surface area contributed by atoms with Gasteiger partial charge in [-0.2, -0.15) is 23.7 Å². The van der Waals surface area contributed by atoms with Crippen LogP contribution < -0.4 is 0 Å². The third-order valence-corrected chi connectivity index (χ3v) is 11.5. The standard InChI is InChI=1S/C53H33F3N4/c1-32-11-15-35(16-12-32)37-19-21-49-45(26-37)42-7-3-5-9-47(42)59(49)51-28-40(31-58)44(39-23-34(30-57)24-41(25-39)53(54,55)56)29-52(51)60-48-10-6-4-8-43(48)46-27-38(20-22-50(46)60)36-17-13-33(2)14-18-36/h3-29H,1-2H3. The molecule has 0 aliphatic carbocycles. The second-order valence-electron chi connectivity index (χ2n) is 15.3. The van der Waals surface area contributed by atoms with E-state index in [0.29, 0.717) is 11.4 Å². The maximum Gasteiger partial charge on any atom is 0.416 e. The Morgan fingerprint density at radius 1 is 0.433 bits per heavy atom. The van der Waals surface area contributed by atoms with Crippen LogP contribution in [0.3, 0.4) is 0 Å². The number of aromatic nitrogens is 2. The number of para-hydroxylation sites is 2. The highest BCUT2D eigenvalue weighted by atomic mass is 19.4. The lowest BCUT2D eigenvalue weighted by Gasteiger charge is -2.20. The smallest absolute Gasteiger partial charge is 0.307 e. The predicted octanol–water partition coefficient (Wildman–Crippen LogP) is 14.3. The van der Waals surface area contributed by atoms with Crippen molar-refractivity contribution in [2.24, 2.45) is 0 Å². The number of hydrogen-bond donors (Lipinski definition) is 0. The number of benzene rings is 8. The maximum atomic E-state index is 14.3. The van der Waals surface area contributed by atoms with Gasteiger partial charge < -0.3 is 9.13 Å². The molecule has 0 amide bonds. The largest absolute Gasteiger partial charge is 0.416 e. The van der Waals surface area contributed by atoms with Gasteiger partial charge in [0.15, 0.2) is 0 Å². The third kappa shape index (κ3) is 5.99. The summed E-state index contributed by atoms with van der Waals surface area (Å²) in [5, 5.41) is 24.7. The first kappa shape index (κ1) is 36.5. The molecule has 2 aromatic heterocycles. The Hall–Kier alpha value is -7.87. The van der Waals surface area contributed by atoms with Crippen molar-refractivity contribution in [2.75, 3.05) is 0 Å². The number of alkyl halides is 3. The first-order valence-corrected chi connectivity index (χ1v) is 19.5. The van der Waals surface area contributed by atoms with E-state index in [9.17, 15) is 23.7 Å². The van der Waals surface area contributed by atoms with Crippen LogP contribution in [-0.2, 0) is 6.18 Å². The van der Waals surface area contributed by atoms with Gasteiger partial charge in [-0.15, -0.1) is 0 Å². The number of rotatable bonds is 5. The second kappa shape index (κ2) is 13.9. The van der Waals surface area contributed by atoms with Gasteiger partial charge in [0.25, 0.3) is 0 Å². The number of halogens is 3. The normalized spacial score (nSPS) is 11.7. The topological polar surface area (TPSA) is 57.4 Å². The molecular weight excluding hydrogens is 750 g/mol. The molecule has 0 unspecified atom stereocenters. The summed E-state index contributed by atoms with van der Waals surface area (Å²) in [6.07, 6.45) is -4.71. The Balaban J connectivity index is 1.32. The van der Waals surface area contributed by atoms with Gasteiger partial charge in [-0.1, -0.05) is 108 Å². The zero-order valence-corrected chi connectivity index (χ0v) is 32.5. The van der Waals surface area contributed by atoms with Crippen molar-refractivity contribution in [1.29, 1.82) is 10.5 Å². The molecular formula is C53H33F3N4. The molecule has 0 atom stereocenters. The van der Waals surface area contributed by atoms with Gasteiger partial charge in [0.2, 0.25) is 0 Å².